The molecule has 15 heavy (non-hydrogen) atoms. The van der Waals surface area contributed by atoms with Gasteiger partial charge in [-0.1, -0.05) is 30.3 Å². The van der Waals surface area contributed by atoms with Crippen molar-refractivity contribution in [2.75, 3.05) is 5.73 Å². The van der Waals surface area contributed by atoms with Crippen molar-refractivity contribution in [2.45, 2.75) is 6.42 Å². The molecule has 0 aliphatic heterocycles. The molecule has 0 fully saturated rings. The van der Waals surface area contributed by atoms with E-state index in [-0.39, 0.29) is 5.78 Å². The van der Waals surface area contributed by atoms with Gasteiger partial charge in [-0.05, 0) is 6.07 Å². The highest BCUT2D eigenvalue weighted by Gasteiger charge is 2.07. The minimum atomic E-state index is 0.0949. The number of ketones is 1. The van der Waals surface area contributed by atoms with Gasteiger partial charge in [0.15, 0.2) is 5.78 Å². The maximum absolute atomic E-state index is 11.8. The van der Waals surface area contributed by atoms with Gasteiger partial charge in [-0.25, -0.2) is 0 Å². The maximum atomic E-state index is 11.8. The molecule has 0 unspecified atom stereocenters. The smallest absolute Gasteiger partial charge is 0.168 e. The minimum Gasteiger partial charge on any atom is -0.397 e. The topological polar surface area (TPSA) is 58.9 Å². The van der Waals surface area contributed by atoms with Gasteiger partial charge >= 0.3 is 0 Å². The van der Waals surface area contributed by atoms with Gasteiger partial charge in [-0.3, -0.25) is 4.79 Å². The lowest BCUT2D eigenvalue weighted by Crippen LogP contribution is -2.03. The van der Waals surface area contributed by atoms with E-state index in [2.05, 4.69) is 4.98 Å². The van der Waals surface area contributed by atoms with E-state index < -0.39 is 0 Å². The summed E-state index contributed by atoms with van der Waals surface area (Å²) in [6.07, 6.45) is 2.05. The molecule has 76 valence electrons. The molecule has 0 saturated carbocycles. The Balaban J connectivity index is 2.11. The van der Waals surface area contributed by atoms with Gasteiger partial charge in [0.1, 0.15) is 0 Å². The van der Waals surface area contributed by atoms with Crippen LogP contribution < -0.4 is 5.73 Å². The third-order valence-corrected chi connectivity index (χ3v) is 2.21. The van der Waals surface area contributed by atoms with Crippen LogP contribution >= 0.6 is 0 Å². The third kappa shape index (κ3) is 2.26. The molecule has 0 aliphatic rings. The molecular weight excluding hydrogens is 188 g/mol. The first-order valence-corrected chi connectivity index (χ1v) is 4.77. The molecular formula is C12H12N2O. The Labute approximate surface area is 87.9 Å². The Morgan fingerprint density at radius 1 is 1.27 bits per heavy atom. The van der Waals surface area contributed by atoms with Gasteiger partial charge in [0, 0.05) is 23.1 Å². The molecule has 0 saturated heterocycles. The van der Waals surface area contributed by atoms with E-state index in [1.54, 1.807) is 12.3 Å². The summed E-state index contributed by atoms with van der Waals surface area (Å²) in [4.78, 5) is 14.7. The Morgan fingerprint density at radius 2 is 2.00 bits per heavy atom. The van der Waals surface area contributed by atoms with E-state index in [1.165, 1.54) is 0 Å². The van der Waals surface area contributed by atoms with Crippen LogP contribution in [0.15, 0.2) is 42.6 Å². The van der Waals surface area contributed by atoms with Gasteiger partial charge in [0.2, 0.25) is 0 Å². The first-order valence-electron chi connectivity index (χ1n) is 4.77. The largest absolute Gasteiger partial charge is 0.397 e. The number of anilines is 1. The molecule has 3 N–H and O–H groups in total. The van der Waals surface area contributed by atoms with E-state index in [1.807, 2.05) is 30.3 Å². The van der Waals surface area contributed by atoms with Crippen LogP contribution in [0.2, 0.25) is 0 Å². The second kappa shape index (κ2) is 4.00. The van der Waals surface area contributed by atoms with Crippen molar-refractivity contribution >= 4 is 11.5 Å². The number of rotatable bonds is 3. The monoisotopic (exact) mass is 200 g/mol. The lowest BCUT2D eigenvalue weighted by molar-refractivity contribution is 0.0992. The molecule has 0 spiro atoms. The molecule has 0 radical (unpaired) electrons. The summed E-state index contributed by atoms with van der Waals surface area (Å²) in [6.45, 7) is 0. The Morgan fingerprint density at radius 3 is 2.60 bits per heavy atom. The van der Waals surface area contributed by atoms with Crippen LogP contribution in [0.5, 0.6) is 0 Å². The fourth-order valence-corrected chi connectivity index (χ4v) is 1.46. The molecule has 2 rings (SSSR count). The minimum absolute atomic E-state index is 0.0949. The van der Waals surface area contributed by atoms with Crippen molar-refractivity contribution in [1.82, 2.24) is 4.98 Å². The second-order valence-corrected chi connectivity index (χ2v) is 3.42. The lowest BCUT2D eigenvalue weighted by Gasteiger charge is -1.98. The van der Waals surface area contributed by atoms with E-state index in [4.69, 9.17) is 5.73 Å². The number of nitrogens with one attached hydrogen (secondary N) is 1. The first-order chi connectivity index (χ1) is 7.25. The first kappa shape index (κ1) is 9.52. The lowest BCUT2D eigenvalue weighted by atomic mass is 10.1. The summed E-state index contributed by atoms with van der Waals surface area (Å²) in [5.74, 6) is 0.0949. The molecule has 1 heterocycles. The van der Waals surface area contributed by atoms with Crippen LogP contribution in [0.4, 0.5) is 5.69 Å². The number of benzene rings is 1. The van der Waals surface area contributed by atoms with Crippen molar-refractivity contribution in [2.24, 2.45) is 0 Å². The summed E-state index contributed by atoms with van der Waals surface area (Å²) in [5, 5.41) is 0. The second-order valence-electron chi connectivity index (χ2n) is 3.42. The molecule has 1 aromatic carbocycles. The normalized spacial score (nSPS) is 10.1. The molecule has 0 atom stereocenters. The highest BCUT2D eigenvalue weighted by molar-refractivity contribution is 5.97. The van der Waals surface area contributed by atoms with Gasteiger partial charge in [0.25, 0.3) is 0 Å². The van der Waals surface area contributed by atoms with Gasteiger partial charge < -0.3 is 10.7 Å². The van der Waals surface area contributed by atoms with Crippen LogP contribution in [0, 0.1) is 0 Å². The van der Waals surface area contributed by atoms with E-state index in [0.29, 0.717) is 12.1 Å². The number of hydrogen-bond acceptors (Lipinski definition) is 2. The summed E-state index contributed by atoms with van der Waals surface area (Å²) >= 11 is 0. The molecule has 0 amide bonds. The number of nitrogen functional groups attached to an aromatic ring is 1. The number of aromatic nitrogens is 1. The van der Waals surface area contributed by atoms with Gasteiger partial charge in [0.05, 0.1) is 6.42 Å². The highest BCUT2D eigenvalue weighted by Crippen LogP contribution is 2.09. The van der Waals surface area contributed by atoms with Crippen LogP contribution in [0.25, 0.3) is 0 Å². The van der Waals surface area contributed by atoms with Crippen LogP contribution in [-0.2, 0) is 6.42 Å². The number of carbonyl (C=O) groups is 1. The Hall–Kier alpha value is -2.03. The van der Waals surface area contributed by atoms with E-state index in [9.17, 15) is 4.79 Å². The van der Waals surface area contributed by atoms with Crippen LogP contribution in [0.3, 0.4) is 0 Å². The van der Waals surface area contributed by atoms with Crippen molar-refractivity contribution in [3.8, 4) is 0 Å². The fourth-order valence-electron chi connectivity index (χ4n) is 1.46. The van der Waals surface area contributed by atoms with Crippen LogP contribution in [-0.4, -0.2) is 10.8 Å². The number of Topliss-reactive ketones (excluding diaryl/α,β-unsaturated/α-hetero) is 1. The number of nitrogens with two attached hydrogens (primary N) is 1. The zero-order valence-corrected chi connectivity index (χ0v) is 8.23. The number of aromatic amines is 1. The van der Waals surface area contributed by atoms with Crippen molar-refractivity contribution in [1.29, 1.82) is 0 Å². The summed E-state index contributed by atoms with van der Waals surface area (Å²) in [6, 6.07) is 11.0. The molecule has 0 bridgehead atoms. The Bertz CT molecular complexity index is 459. The maximum Gasteiger partial charge on any atom is 0.168 e. The molecule has 1 aromatic heterocycles. The number of carbonyl (C=O) groups excluding carboxylic acids is 1. The predicted molar refractivity (Wildman–Crippen MR) is 59.7 cm³/mol. The standard InChI is InChI=1S/C12H12N2O/c13-10-6-11(14-8-10)7-12(15)9-4-2-1-3-5-9/h1-6,8,14H,7,13H2. The van der Waals surface area contributed by atoms with E-state index >= 15 is 0 Å². The van der Waals surface area contributed by atoms with Crippen molar-refractivity contribution < 1.29 is 4.79 Å². The summed E-state index contributed by atoms with van der Waals surface area (Å²) < 4.78 is 0. The highest BCUT2D eigenvalue weighted by atomic mass is 16.1. The zero-order chi connectivity index (χ0) is 10.7. The van der Waals surface area contributed by atoms with Crippen molar-refractivity contribution in [3.63, 3.8) is 0 Å². The molecule has 3 nitrogen and oxygen atoms in total. The SMILES string of the molecule is Nc1c[nH]c(CC(=O)c2ccccc2)c1. The quantitative estimate of drug-likeness (QED) is 0.745. The summed E-state index contributed by atoms with van der Waals surface area (Å²) in [5.41, 5.74) is 7.78. The van der Waals surface area contributed by atoms with Crippen LogP contribution in [0.1, 0.15) is 16.1 Å². The Kier molecular flexibility index (Phi) is 2.54. The zero-order valence-electron chi connectivity index (χ0n) is 8.23. The number of hydrogen-bond donors (Lipinski definition) is 2. The molecule has 0 aliphatic carbocycles. The van der Waals surface area contributed by atoms with Gasteiger partial charge in [-0.15, -0.1) is 0 Å². The third-order valence-electron chi connectivity index (χ3n) is 2.21. The van der Waals surface area contributed by atoms with Gasteiger partial charge in [-0.2, -0.15) is 0 Å². The van der Waals surface area contributed by atoms with Crippen molar-refractivity contribution in [3.05, 3.63) is 53.9 Å². The molecule has 3 heteroatoms. The summed E-state index contributed by atoms with van der Waals surface area (Å²) in [7, 11) is 0. The average Bonchev–Trinajstić information content (AvgIpc) is 2.65. The number of H-pyrrole nitrogens is 1. The van der Waals surface area contributed by atoms with E-state index in [0.717, 1.165) is 11.3 Å². The predicted octanol–water partition coefficient (Wildman–Crippen LogP) is 2.02. The average molecular weight is 200 g/mol. The fraction of sp³-hybridized carbons (Fsp3) is 0.0833. The molecule has 2 aromatic rings.